The largest absolute Gasteiger partial charge is 0.496 e. The van der Waals surface area contributed by atoms with E-state index in [0.717, 1.165) is 4.88 Å². The molecule has 21 heavy (non-hydrogen) atoms. The Balaban J connectivity index is 2.30. The molecule has 1 aromatic heterocycles. The summed E-state index contributed by atoms with van der Waals surface area (Å²) in [5, 5.41) is 11.2. The number of thiophene rings is 1. The molecule has 0 aliphatic heterocycles. The number of nitrogens with zero attached hydrogens (tertiary/aromatic N) is 1. The summed E-state index contributed by atoms with van der Waals surface area (Å²) in [6.45, 7) is 0.0433. The third-order valence-electron chi connectivity index (χ3n) is 3.09. The summed E-state index contributed by atoms with van der Waals surface area (Å²) in [6.07, 6.45) is 0. The Morgan fingerprint density at radius 2 is 2.10 bits per heavy atom. The van der Waals surface area contributed by atoms with Crippen LogP contribution >= 0.6 is 11.3 Å². The molecule has 1 aromatic carbocycles. The van der Waals surface area contributed by atoms with Gasteiger partial charge in [0, 0.05) is 24.0 Å². The number of hydrogen-bond acceptors (Lipinski definition) is 5. The minimum Gasteiger partial charge on any atom is -0.496 e. The second kappa shape index (κ2) is 6.57. The molecule has 0 atom stereocenters. The lowest BCUT2D eigenvalue weighted by atomic mass is 10.2. The van der Waals surface area contributed by atoms with E-state index in [2.05, 4.69) is 0 Å². The van der Waals surface area contributed by atoms with E-state index in [1.54, 1.807) is 6.07 Å². The van der Waals surface area contributed by atoms with Crippen LogP contribution in [0.25, 0.3) is 0 Å². The van der Waals surface area contributed by atoms with Crippen LogP contribution in [-0.2, 0) is 23.2 Å². The smallest absolute Gasteiger partial charge is 0.243 e. The average Bonchev–Trinajstić information content (AvgIpc) is 2.99. The number of aliphatic hydroxyl groups excluding tert-OH is 1. The van der Waals surface area contributed by atoms with Gasteiger partial charge in [0.2, 0.25) is 10.0 Å². The van der Waals surface area contributed by atoms with Crippen LogP contribution in [0.2, 0.25) is 0 Å². The fourth-order valence-electron chi connectivity index (χ4n) is 1.93. The van der Waals surface area contributed by atoms with Crippen LogP contribution in [0.4, 0.5) is 0 Å². The van der Waals surface area contributed by atoms with Gasteiger partial charge in [0.1, 0.15) is 5.75 Å². The Labute approximate surface area is 128 Å². The second-order valence-corrected chi connectivity index (χ2v) is 7.55. The van der Waals surface area contributed by atoms with Crippen molar-refractivity contribution in [3.8, 4) is 5.75 Å². The highest BCUT2D eigenvalue weighted by atomic mass is 32.2. The van der Waals surface area contributed by atoms with Crippen molar-refractivity contribution < 1.29 is 18.3 Å². The first-order chi connectivity index (χ1) is 9.98. The van der Waals surface area contributed by atoms with Gasteiger partial charge in [-0.25, -0.2) is 8.42 Å². The predicted octanol–water partition coefficient (Wildman–Crippen LogP) is 2.07. The lowest BCUT2D eigenvalue weighted by molar-refractivity contribution is 0.273. The van der Waals surface area contributed by atoms with Gasteiger partial charge in [-0.1, -0.05) is 6.07 Å². The van der Waals surface area contributed by atoms with E-state index < -0.39 is 10.0 Å². The van der Waals surface area contributed by atoms with Gasteiger partial charge in [-0.05, 0) is 29.6 Å². The monoisotopic (exact) mass is 327 g/mol. The van der Waals surface area contributed by atoms with E-state index in [4.69, 9.17) is 4.74 Å². The van der Waals surface area contributed by atoms with Crippen LogP contribution in [0.5, 0.6) is 5.75 Å². The molecular weight excluding hydrogens is 310 g/mol. The van der Waals surface area contributed by atoms with Gasteiger partial charge >= 0.3 is 0 Å². The number of methoxy groups -OCH3 is 1. The molecule has 2 rings (SSSR count). The van der Waals surface area contributed by atoms with Crippen molar-refractivity contribution in [3.05, 3.63) is 46.2 Å². The van der Waals surface area contributed by atoms with Crippen molar-refractivity contribution in [2.24, 2.45) is 0 Å². The first kappa shape index (κ1) is 16.0. The van der Waals surface area contributed by atoms with E-state index in [-0.39, 0.29) is 11.5 Å². The molecule has 0 radical (unpaired) electrons. The fraction of sp³-hybridized carbons (Fsp3) is 0.286. The highest BCUT2D eigenvalue weighted by molar-refractivity contribution is 7.89. The maximum Gasteiger partial charge on any atom is 0.243 e. The first-order valence-corrected chi connectivity index (χ1v) is 8.57. The predicted molar refractivity (Wildman–Crippen MR) is 81.9 cm³/mol. The van der Waals surface area contributed by atoms with Gasteiger partial charge in [0.25, 0.3) is 0 Å². The topological polar surface area (TPSA) is 66.8 Å². The SMILES string of the molecule is COc1ccc(S(=O)(=O)N(C)Cc2cccs2)cc1CO. The van der Waals surface area contributed by atoms with Crippen molar-refractivity contribution >= 4 is 21.4 Å². The molecule has 1 heterocycles. The van der Waals surface area contributed by atoms with Crippen LogP contribution in [0, 0.1) is 0 Å². The molecule has 0 bridgehead atoms. The molecule has 0 saturated heterocycles. The normalized spacial score (nSPS) is 11.8. The third-order valence-corrected chi connectivity index (χ3v) is 5.75. The van der Waals surface area contributed by atoms with Crippen molar-refractivity contribution in [2.75, 3.05) is 14.2 Å². The van der Waals surface area contributed by atoms with Crippen molar-refractivity contribution in [1.29, 1.82) is 0 Å². The van der Waals surface area contributed by atoms with E-state index in [1.807, 2.05) is 17.5 Å². The molecule has 5 nitrogen and oxygen atoms in total. The van der Waals surface area contributed by atoms with Crippen molar-refractivity contribution in [2.45, 2.75) is 18.0 Å². The van der Waals surface area contributed by atoms with Gasteiger partial charge in [-0.15, -0.1) is 11.3 Å². The standard InChI is InChI=1S/C14H17NO4S2/c1-15(9-12-4-3-7-20-12)21(17,18)13-5-6-14(19-2)11(8-13)10-16/h3-8,16H,9-10H2,1-2H3. The highest BCUT2D eigenvalue weighted by Crippen LogP contribution is 2.25. The molecule has 2 aromatic rings. The number of sulfonamides is 1. The van der Waals surface area contributed by atoms with Crippen molar-refractivity contribution in [1.82, 2.24) is 4.31 Å². The van der Waals surface area contributed by atoms with E-state index in [1.165, 1.54) is 41.9 Å². The molecule has 0 unspecified atom stereocenters. The molecule has 0 saturated carbocycles. The summed E-state index contributed by atoms with van der Waals surface area (Å²) in [4.78, 5) is 1.11. The number of ether oxygens (including phenoxy) is 1. The molecule has 7 heteroatoms. The number of rotatable bonds is 6. The van der Waals surface area contributed by atoms with Crippen LogP contribution in [0.15, 0.2) is 40.6 Å². The van der Waals surface area contributed by atoms with Crippen molar-refractivity contribution in [3.63, 3.8) is 0 Å². The van der Waals surface area contributed by atoms with E-state index in [0.29, 0.717) is 17.9 Å². The van der Waals surface area contributed by atoms with Crippen LogP contribution in [-0.4, -0.2) is 32.0 Å². The van der Waals surface area contributed by atoms with Gasteiger partial charge in [0.15, 0.2) is 0 Å². The minimum absolute atomic E-state index is 0.145. The molecule has 0 fully saturated rings. The molecule has 0 aliphatic carbocycles. The summed E-state index contributed by atoms with van der Waals surface area (Å²) in [5.74, 6) is 0.470. The van der Waals surface area contributed by atoms with Crippen LogP contribution in [0.3, 0.4) is 0 Å². The highest BCUT2D eigenvalue weighted by Gasteiger charge is 2.22. The fourth-order valence-corrected chi connectivity index (χ4v) is 3.96. The van der Waals surface area contributed by atoms with Crippen LogP contribution < -0.4 is 4.74 Å². The van der Waals surface area contributed by atoms with Gasteiger partial charge in [-0.2, -0.15) is 4.31 Å². The van der Waals surface area contributed by atoms with Gasteiger partial charge < -0.3 is 9.84 Å². The zero-order valence-electron chi connectivity index (χ0n) is 11.8. The zero-order chi connectivity index (χ0) is 15.5. The quantitative estimate of drug-likeness (QED) is 0.882. The Morgan fingerprint density at radius 1 is 1.33 bits per heavy atom. The second-order valence-electron chi connectivity index (χ2n) is 4.47. The third kappa shape index (κ3) is 3.44. The average molecular weight is 327 g/mol. The minimum atomic E-state index is -3.60. The lowest BCUT2D eigenvalue weighted by Crippen LogP contribution is -2.26. The molecular formula is C14H17NO4S2. The lowest BCUT2D eigenvalue weighted by Gasteiger charge is -2.17. The summed E-state index contributed by atoms with van der Waals surface area (Å²) in [6, 6.07) is 8.26. The van der Waals surface area contributed by atoms with E-state index >= 15 is 0 Å². The summed E-state index contributed by atoms with van der Waals surface area (Å²) < 4.78 is 31.4. The number of aliphatic hydroxyl groups is 1. The summed E-state index contributed by atoms with van der Waals surface area (Å²) in [5.41, 5.74) is 0.447. The zero-order valence-corrected chi connectivity index (χ0v) is 13.4. The maximum atomic E-state index is 12.5. The van der Waals surface area contributed by atoms with Gasteiger partial charge in [0.05, 0.1) is 18.6 Å². The molecule has 114 valence electrons. The molecule has 0 amide bonds. The number of benzene rings is 1. The Bertz CT molecular complexity index is 696. The molecule has 0 aliphatic rings. The van der Waals surface area contributed by atoms with E-state index in [9.17, 15) is 13.5 Å². The molecule has 1 N–H and O–H groups in total. The van der Waals surface area contributed by atoms with Crippen LogP contribution in [0.1, 0.15) is 10.4 Å². The Hall–Kier alpha value is -1.41. The Morgan fingerprint density at radius 3 is 2.67 bits per heavy atom. The maximum absolute atomic E-state index is 12.5. The Kier molecular flexibility index (Phi) is 5.00. The van der Waals surface area contributed by atoms with Gasteiger partial charge in [-0.3, -0.25) is 0 Å². The molecule has 0 spiro atoms. The first-order valence-electron chi connectivity index (χ1n) is 6.25. The number of hydrogen-bond donors (Lipinski definition) is 1. The summed E-state index contributed by atoms with van der Waals surface area (Å²) >= 11 is 1.51. The summed E-state index contributed by atoms with van der Waals surface area (Å²) in [7, 11) is -0.582.